The molecule has 13 heavy (non-hydrogen) atoms. The highest BCUT2D eigenvalue weighted by Crippen LogP contribution is 2.04. The van der Waals surface area contributed by atoms with Gasteiger partial charge in [-0.15, -0.1) is 0 Å². The molecule has 0 saturated heterocycles. The van der Waals surface area contributed by atoms with E-state index >= 15 is 0 Å². The number of hydrogen-bond acceptors (Lipinski definition) is 3. The standard InChI is InChI=1S/C6H5ClN4O2/c1-10-4-3(11(7)2-8-4)5(12)9-6(10)13/h2H,1H3,(H,9,12,13). The Balaban J connectivity index is 3.18. The molecule has 7 heteroatoms. The number of aryl methyl sites for hydroxylation is 1. The highest BCUT2D eigenvalue weighted by Gasteiger charge is 2.09. The second-order valence-electron chi connectivity index (χ2n) is 2.55. The van der Waals surface area contributed by atoms with Crippen LogP contribution >= 0.6 is 11.8 Å². The Morgan fingerprint density at radius 3 is 2.92 bits per heavy atom. The fourth-order valence-electron chi connectivity index (χ4n) is 1.10. The fraction of sp³-hybridized carbons (Fsp3) is 0.167. The largest absolute Gasteiger partial charge is 0.329 e. The van der Waals surface area contributed by atoms with Gasteiger partial charge < -0.3 is 0 Å². The summed E-state index contributed by atoms with van der Waals surface area (Å²) in [5.74, 6) is 0. The van der Waals surface area contributed by atoms with Crippen LogP contribution in [0.15, 0.2) is 15.9 Å². The molecule has 0 radical (unpaired) electrons. The normalized spacial score (nSPS) is 10.9. The monoisotopic (exact) mass is 200 g/mol. The van der Waals surface area contributed by atoms with E-state index < -0.39 is 11.2 Å². The molecule has 0 fully saturated rings. The highest BCUT2D eigenvalue weighted by atomic mass is 35.5. The summed E-state index contributed by atoms with van der Waals surface area (Å²) < 4.78 is 2.27. The van der Waals surface area contributed by atoms with Crippen LogP contribution in [0.5, 0.6) is 0 Å². The quantitative estimate of drug-likeness (QED) is 0.619. The van der Waals surface area contributed by atoms with Crippen molar-refractivity contribution in [2.45, 2.75) is 0 Å². The number of fused-ring (bicyclic) bond motifs is 1. The molecule has 0 aliphatic carbocycles. The first-order chi connectivity index (χ1) is 6.11. The van der Waals surface area contributed by atoms with E-state index in [1.54, 1.807) is 0 Å². The SMILES string of the molecule is Cn1c(=O)[nH]c(=O)c2c1ncn2Cl. The molecular weight excluding hydrogens is 196 g/mol. The van der Waals surface area contributed by atoms with Crippen molar-refractivity contribution in [1.29, 1.82) is 0 Å². The lowest BCUT2D eigenvalue weighted by Crippen LogP contribution is -2.28. The lowest BCUT2D eigenvalue weighted by Gasteiger charge is -1.96. The van der Waals surface area contributed by atoms with Gasteiger partial charge in [0.05, 0.1) is 0 Å². The van der Waals surface area contributed by atoms with E-state index in [1.807, 2.05) is 0 Å². The first kappa shape index (κ1) is 8.06. The van der Waals surface area contributed by atoms with Crippen molar-refractivity contribution < 1.29 is 0 Å². The van der Waals surface area contributed by atoms with Crippen LogP contribution in [0.2, 0.25) is 0 Å². The number of imidazole rings is 1. The molecule has 1 N–H and O–H groups in total. The molecule has 68 valence electrons. The maximum Gasteiger partial charge on any atom is 0.329 e. The summed E-state index contributed by atoms with van der Waals surface area (Å²) in [4.78, 5) is 28.2. The number of nitrogens with one attached hydrogen (secondary N) is 1. The van der Waals surface area contributed by atoms with Crippen molar-refractivity contribution in [1.82, 2.24) is 18.6 Å². The Labute approximate surface area is 76.5 Å². The van der Waals surface area contributed by atoms with Gasteiger partial charge >= 0.3 is 5.69 Å². The van der Waals surface area contributed by atoms with E-state index in [1.165, 1.54) is 17.9 Å². The summed E-state index contributed by atoms with van der Waals surface area (Å²) >= 11 is 5.62. The third kappa shape index (κ3) is 0.988. The molecule has 0 saturated carbocycles. The highest BCUT2D eigenvalue weighted by molar-refractivity contribution is 6.18. The lowest BCUT2D eigenvalue weighted by atomic mass is 10.5. The molecule has 6 nitrogen and oxygen atoms in total. The molecule has 2 aromatic rings. The zero-order valence-corrected chi connectivity index (χ0v) is 7.37. The Morgan fingerprint density at radius 2 is 2.23 bits per heavy atom. The molecule has 0 aromatic carbocycles. The van der Waals surface area contributed by atoms with Gasteiger partial charge in [-0.25, -0.2) is 13.9 Å². The van der Waals surface area contributed by atoms with Crippen molar-refractivity contribution in [3.8, 4) is 0 Å². The molecule has 0 amide bonds. The number of nitrogens with zero attached hydrogens (tertiary/aromatic N) is 3. The van der Waals surface area contributed by atoms with Crippen molar-refractivity contribution in [3.63, 3.8) is 0 Å². The minimum absolute atomic E-state index is 0.170. The van der Waals surface area contributed by atoms with Crippen LogP contribution in [-0.2, 0) is 7.05 Å². The average molecular weight is 201 g/mol. The Morgan fingerprint density at radius 1 is 1.54 bits per heavy atom. The Kier molecular flexibility index (Phi) is 1.53. The minimum Gasteiger partial charge on any atom is -0.279 e. The van der Waals surface area contributed by atoms with E-state index in [0.29, 0.717) is 0 Å². The Hall–Kier alpha value is -1.56. The van der Waals surface area contributed by atoms with E-state index in [0.717, 1.165) is 4.09 Å². The molecule has 0 atom stereocenters. The van der Waals surface area contributed by atoms with Crippen molar-refractivity contribution in [2.75, 3.05) is 0 Å². The van der Waals surface area contributed by atoms with Gasteiger partial charge in [-0.1, -0.05) is 0 Å². The van der Waals surface area contributed by atoms with Crippen LogP contribution in [0.1, 0.15) is 0 Å². The first-order valence-electron chi connectivity index (χ1n) is 3.44. The maximum absolute atomic E-state index is 11.2. The molecule has 2 aromatic heterocycles. The number of rotatable bonds is 0. The van der Waals surface area contributed by atoms with Crippen molar-refractivity contribution in [2.24, 2.45) is 7.05 Å². The topological polar surface area (TPSA) is 72.7 Å². The van der Waals surface area contributed by atoms with E-state index in [4.69, 9.17) is 11.8 Å². The van der Waals surface area contributed by atoms with Crippen LogP contribution in [0, 0.1) is 0 Å². The van der Waals surface area contributed by atoms with E-state index in [2.05, 4.69) is 9.97 Å². The summed E-state index contributed by atoms with van der Waals surface area (Å²) in [5, 5.41) is 0. The van der Waals surface area contributed by atoms with Gasteiger partial charge in [0, 0.05) is 18.8 Å². The van der Waals surface area contributed by atoms with E-state index in [9.17, 15) is 9.59 Å². The molecule has 0 aliphatic heterocycles. The van der Waals surface area contributed by atoms with Crippen LogP contribution in [0.4, 0.5) is 0 Å². The van der Waals surface area contributed by atoms with Crippen LogP contribution in [-0.4, -0.2) is 18.6 Å². The predicted molar refractivity (Wildman–Crippen MR) is 46.8 cm³/mol. The third-order valence-electron chi connectivity index (χ3n) is 1.76. The van der Waals surface area contributed by atoms with Gasteiger partial charge in [0.25, 0.3) is 5.56 Å². The van der Waals surface area contributed by atoms with Gasteiger partial charge in [0.2, 0.25) is 0 Å². The summed E-state index contributed by atoms with van der Waals surface area (Å²) in [6.45, 7) is 0. The van der Waals surface area contributed by atoms with Gasteiger partial charge in [0.1, 0.15) is 6.33 Å². The predicted octanol–water partition coefficient (Wildman–Crippen LogP) is -0.575. The first-order valence-corrected chi connectivity index (χ1v) is 3.77. The third-order valence-corrected chi connectivity index (χ3v) is 2.02. The number of halogens is 1. The summed E-state index contributed by atoms with van der Waals surface area (Å²) in [6, 6.07) is 0. The van der Waals surface area contributed by atoms with Crippen LogP contribution < -0.4 is 11.2 Å². The van der Waals surface area contributed by atoms with E-state index in [-0.39, 0.29) is 11.2 Å². The number of hydrogen-bond donors (Lipinski definition) is 1. The molecule has 2 rings (SSSR count). The lowest BCUT2D eigenvalue weighted by molar-refractivity contribution is 0.832. The molecular formula is C6H5ClN4O2. The smallest absolute Gasteiger partial charge is 0.279 e. The van der Waals surface area contributed by atoms with Crippen molar-refractivity contribution in [3.05, 3.63) is 27.2 Å². The van der Waals surface area contributed by atoms with Crippen LogP contribution in [0.25, 0.3) is 11.2 Å². The zero-order valence-electron chi connectivity index (χ0n) is 6.61. The molecule has 0 bridgehead atoms. The van der Waals surface area contributed by atoms with Gasteiger partial charge in [-0.2, -0.15) is 0 Å². The number of aromatic amines is 1. The maximum atomic E-state index is 11.2. The number of H-pyrrole nitrogens is 1. The molecule has 0 aliphatic rings. The average Bonchev–Trinajstić information content (AvgIpc) is 2.44. The zero-order chi connectivity index (χ0) is 9.59. The van der Waals surface area contributed by atoms with Crippen LogP contribution in [0.3, 0.4) is 0 Å². The fourth-order valence-corrected chi connectivity index (χ4v) is 1.30. The minimum atomic E-state index is -0.536. The number of aromatic nitrogens is 4. The van der Waals surface area contributed by atoms with Gasteiger partial charge in [-0.3, -0.25) is 14.3 Å². The van der Waals surface area contributed by atoms with Gasteiger partial charge in [0.15, 0.2) is 11.2 Å². The molecule has 0 unspecified atom stereocenters. The molecule has 2 heterocycles. The summed E-state index contributed by atoms with van der Waals surface area (Å²) in [5.41, 5.74) is -0.606. The second-order valence-corrected chi connectivity index (χ2v) is 2.91. The van der Waals surface area contributed by atoms with Gasteiger partial charge in [-0.05, 0) is 0 Å². The summed E-state index contributed by atoms with van der Waals surface area (Å²) in [7, 11) is 1.50. The summed E-state index contributed by atoms with van der Waals surface area (Å²) in [6.07, 6.45) is 1.26. The second kappa shape index (κ2) is 2.46. The van der Waals surface area contributed by atoms with Crippen molar-refractivity contribution >= 4 is 22.9 Å². The molecule has 0 spiro atoms. The Bertz CT molecular complexity index is 578.